The number of hydrogen-bond acceptors (Lipinski definition) is 3. The lowest BCUT2D eigenvalue weighted by Gasteiger charge is -2.34. The van der Waals surface area contributed by atoms with Gasteiger partial charge in [0.05, 0.1) is 5.54 Å². The summed E-state index contributed by atoms with van der Waals surface area (Å²) in [6.45, 7) is 9.60. The van der Waals surface area contributed by atoms with Gasteiger partial charge in [-0.15, -0.1) is 6.42 Å². The minimum atomic E-state index is -0.456. The highest BCUT2D eigenvalue weighted by Gasteiger charge is 2.28. The van der Waals surface area contributed by atoms with E-state index in [1.807, 2.05) is 34.6 Å². The average molecular weight is 280 g/mol. The van der Waals surface area contributed by atoms with E-state index in [2.05, 4.69) is 16.6 Å². The van der Waals surface area contributed by atoms with E-state index in [0.29, 0.717) is 6.04 Å². The third kappa shape index (κ3) is 6.29. The molecule has 1 amide bonds. The SMILES string of the molecule is C#CC(C)(C)NC1CCCC(NC(=O)OC(C)(C)C)C1. The smallest absolute Gasteiger partial charge is 0.407 e. The summed E-state index contributed by atoms with van der Waals surface area (Å²) in [6, 6.07) is 0.499. The molecule has 2 unspecified atom stereocenters. The molecule has 0 aromatic carbocycles. The Labute approximate surface area is 123 Å². The Kier molecular flexibility index (Phi) is 5.47. The number of carbonyl (C=O) groups is 1. The highest BCUT2D eigenvalue weighted by atomic mass is 16.6. The standard InChI is InChI=1S/C16H28N2O2/c1-7-16(5,6)18-13-10-8-9-12(11-13)17-14(19)20-15(2,3)4/h1,12-13,18H,8-11H2,2-6H3,(H,17,19). The van der Waals surface area contributed by atoms with Crippen molar-refractivity contribution >= 4 is 6.09 Å². The molecule has 0 heterocycles. The van der Waals surface area contributed by atoms with Crippen LogP contribution < -0.4 is 10.6 Å². The van der Waals surface area contributed by atoms with Gasteiger partial charge in [0.2, 0.25) is 0 Å². The lowest BCUT2D eigenvalue weighted by molar-refractivity contribution is 0.0487. The van der Waals surface area contributed by atoms with Gasteiger partial charge in [0.1, 0.15) is 5.60 Å². The predicted molar refractivity (Wildman–Crippen MR) is 81.5 cm³/mol. The van der Waals surface area contributed by atoms with Crippen LogP contribution >= 0.6 is 0 Å². The molecule has 2 atom stereocenters. The highest BCUT2D eigenvalue weighted by Crippen LogP contribution is 2.21. The summed E-state index contributed by atoms with van der Waals surface area (Å²) >= 11 is 0. The van der Waals surface area contributed by atoms with Gasteiger partial charge < -0.3 is 10.1 Å². The molecule has 0 saturated heterocycles. The van der Waals surface area contributed by atoms with Crippen LogP contribution in [0.5, 0.6) is 0 Å². The third-order valence-electron chi connectivity index (χ3n) is 3.32. The van der Waals surface area contributed by atoms with Crippen molar-refractivity contribution in [2.45, 2.75) is 83.5 Å². The Morgan fingerprint density at radius 2 is 1.80 bits per heavy atom. The molecule has 0 spiro atoms. The van der Waals surface area contributed by atoms with Crippen LogP contribution in [-0.4, -0.2) is 29.3 Å². The van der Waals surface area contributed by atoms with E-state index in [1.54, 1.807) is 0 Å². The summed E-state index contributed by atoms with van der Waals surface area (Å²) in [6.07, 6.45) is 9.24. The third-order valence-corrected chi connectivity index (χ3v) is 3.32. The quantitative estimate of drug-likeness (QED) is 0.782. The van der Waals surface area contributed by atoms with Crippen LogP contribution in [0.15, 0.2) is 0 Å². The number of rotatable bonds is 3. The molecule has 1 aliphatic carbocycles. The summed E-state index contributed by atoms with van der Waals surface area (Å²) in [5, 5.41) is 6.42. The first-order chi connectivity index (χ1) is 9.11. The average Bonchev–Trinajstić information content (AvgIpc) is 2.26. The van der Waals surface area contributed by atoms with E-state index in [-0.39, 0.29) is 17.7 Å². The van der Waals surface area contributed by atoms with Gasteiger partial charge >= 0.3 is 6.09 Å². The van der Waals surface area contributed by atoms with E-state index in [1.165, 1.54) is 0 Å². The molecule has 1 saturated carbocycles. The van der Waals surface area contributed by atoms with Crippen molar-refractivity contribution in [3.63, 3.8) is 0 Å². The monoisotopic (exact) mass is 280 g/mol. The number of alkyl carbamates (subject to hydrolysis) is 1. The molecule has 0 aromatic rings. The van der Waals surface area contributed by atoms with Gasteiger partial charge in [0, 0.05) is 12.1 Å². The summed E-state index contributed by atoms with van der Waals surface area (Å²) < 4.78 is 5.29. The maximum Gasteiger partial charge on any atom is 0.407 e. The Balaban J connectivity index is 2.46. The molecular weight excluding hydrogens is 252 g/mol. The number of hydrogen-bond donors (Lipinski definition) is 2. The van der Waals surface area contributed by atoms with E-state index in [0.717, 1.165) is 25.7 Å². The lowest BCUT2D eigenvalue weighted by atomic mass is 9.89. The predicted octanol–water partition coefficient (Wildman–Crippen LogP) is 2.82. The second-order valence-corrected chi connectivity index (χ2v) is 7.12. The molecule has 4 nitrogen and oxygen atoms in total. The molecule has 4 heteroatoms. The zero-order valence-electron chi connectivity index (χ0n) is 13.4. The zero-order chi connectivity index (χ0) is 15.4. The zero-order valence-corrected chi connectivity index (χ0v) is 13.4. The molecule has 2 N–H and O–H groups in total. The van der Waals surface area contributed by atoms with Crippen LogP contribution in [0.3, 0.4) is 0 Å². The van der Waals surface area contributed by atoms with E-state index in [4.69, 9.17) is 11.2 Å². The number of nitrogens with one attached hydrogen (secondary N) is 2. The molecule has 114 valence electrons. The molecule has 1 fully saturated rings. The molecule has 0 radical (unpaired) electrons. The van der Waals surface area contributed by atoms with Crippen LogP contribution in [0.4, 0.5) is 4.79 Å². The Bertz CT molecular complexity index is 377. The van der Waals surface area contributed by atoms with E-state index in [9.17, 15) is 4.79 Å². The Hall–Kier alpha value is -1.21. The summed E-state index contributed by atoms with van der Waals surface area (Å²) in [4.78, 5) is 11.8. The van der Waals surface area contributed by atoms with Crippen molar-refractivity contribution in [3.8, 4) is 12.3 Å². The minimum absolute atomic E-state index is 0.157. The fourth-order valence-electron chi connectivity index (χ4n) is 2.48. The van der Waals surface area contributed by atoms with Crippen LogP contribution in [0.25, 0.3) is 0 Å². The fourth-order valence-corrected chi connectivity index (χ4v) is 2.48. The molecular formula is C16H28N2O2. The molecule has 0 aromatic heterocycles. The Morgan fingerprint density at radius 3 is 2.35 bits per heavy atom. The van der Waals surface area contributed by atoms with Crippen molar-refractivity contribution in [2.24, 2.45) is 0 Å². The van der Waals surface area contributed by atoms with Crippen molar-refractivity contribution in [3.05, 3.63) is 0 Å². The largest absolute Gasteiger partial charge is 0.444 e. The fraction of sp³-hybridized carbons (Fsp3) is 0.812. The Morgan fingerprint density at radius 1 is 1.20 bits per heavy atom. The first kappa shape index (κ1) is 16.8. The van der Waals surface area contributed by atoms with Crippen LogP contribution in [0.1, 0.15) is 60.3 Å². The number of carbonyl (C=O) groups excluding carboxylic acids is 1. The topological polar surface area (TPSA) is 50.4 Å². The second kappa shape index (κ2) is 6.49. The summed E-state index contributed by atoms with van der Waals surface area (Å²) in [7, 11) is 0. The van der Waals surface area contributed by atoms with Crippen LogP contribution in [-0.2, 0) is 4.74 Å². The van der Waals surface area contributed by atoms with Crippen molar-refractivity contribution in [1.82, 2.24) is 10.6 Å². The summed E-state index contributed by atoms with van der Waals surface area (Å²) in [5.41, 5.74) is -0.764. The number of terminal acetylenes is 1. The van der Waals surface area contributed by atoms with E-state index < -0.39 is 5.60 Å². The second-order valence-electron chi connectivity index (χ2n) is 7.12. The molecule has 1 aliphatic rings. The van der Waals surface area contributed by atoms with Gasteiger partial charge in [-0.2, -0.15) is 0 Å². The minimum Gasteiger partial charge on any atom is -0.444 e. The van der Waals surface area contributed by atoms with Gasteiger partial charge in [-0.25, -0.2) is 4.79 Å². The van der Waals surface area contributed by atoms with Gasteiger partial charge in [0.15, 0.2) is 0 Å². The summed E-state index contributed by atoms with van der Waals surface area (Å²) in [5.74, 6) is 2.75. The molecule has 0 aliphatic heterocycles. The lowest BCUT2D eigenvalue weighted by Crippen LogP contribution is -2.50. The van der Waals surface area contributed by atoms with Crippen LogP contribution in [0.2, 0.25) is 0 Å². The van der Waals surface area contributed by atoms with E-state index >= 15 is 0 Å². The maximum absolute atomic E-state index is 11.8. The maximum atomic E-state index is 11.8. The number of ether oxygens (including phenoxy) is 1. The van der Waals surface area contributed by atoms with Gasteiger partial charge in [0.25, 0.3) is 0 Å². The van der Waals surface area contributed by atoms with Gasteiger partial charge in [-0.3, -0.25) is 5.32 Å². The first-order valence-corrected chi connectivity index (χ1v) is 7.36. The van der Waals surface area contributed by atoms with Crippen molar-refractivity contribution in [1.29, 1.82) is 0 Å². The highest BCUT2D eigenvalue weighted by molar-refractivity contribution is 5.68. The van der Waals surface area contributed by atoms with Gasteiger partial charge in [-0.05, 0) is 60.3 Å². The molecule has 0 bridgehead atoms. The van der Waals surface area contributed by atoms with Crippen LogP contribution in [0, 0.1) is 12.3 Å². The molecule has 1 rings (SSSR count). The van der Waals surface area contributed by atoms with Crippen molar-refractivity contribution in [2.75, 3.05) is 0 Å². The van der Waals surface area contributed by atoms with Gasteiger partial charge in [-0.1, -0.05) is 5.92 Å². The number of amides is 1. The molecule has 20 heavy (non-hydrogen) atoms. The normalized spacial score (nSPS) is 23.8. The first-order valence-electron chi connectivity index (χ1n) is 7.36. The van der Waals surface area contributed by atoms with Crippen molar-refractivity contribution < 1.29 is 9.53 Å².